The van der Waals surface area contributed by atoms with Crippen LogP contribution in [0.2, 0.25) is 0 Å². The van der Waals surface area contributed by atoms with Crippen LogP contribution in [0.1, 0.15) is 12.0 Å². The average molecular weight is 386 g/mol. The molecule has 1 aromatic heterocycles. The van der Waals surface area contributed by atoms with Gasteiger partial charge in [0.1, 0.15) is 0 Å². The molecule has 0 amide bonds. The Balaban J connectivity index is 1.76. The topological polar surface area (TPSA) is 62.6 Å². The third-order valence-electron chi connectivity index (χ3n) is 4.26. The lowest BCUT2D eigenvalue weighted by atomic mass is 9.99. The average Bonchev–Trinajstić information content (AvgIpc) is 2.79. The SMILES string of the molecule is O=S1(=O)CCCN2C=C(Cl)C=C(c3ccc(-c4ccccn4)cc3)C2=N1. The van der Waals surface area contributed by atoms with E-state index in [1.807, 2.05) is 47.4 Å². The van der Waals surface area contributed by atoms with Crippen LogP contribution in [0.4, 0.5) is 0 Å². The van der Waals surface area contributed by atoms with Gasteiger partial charge in [-0.05, 0) is 30.2 Å². The van der Waals surface area contributed by atoms with Gasteiger partial charge >= 0.3 is 0 Å². The van der Waals surface area contributed by atoms with Gasteiger partial charge in [-0.2, -0.15) is 0 Å². The standard InChI is InChI=1S/C19H16ClN3O2S/c20-16-12-17(19-22-26(24,25)11-3-10-23(19)13-16)14-5-7-15(8-6-14)18-4-1-2-9-21-18/h1-2,4-9,12-13H,3,10-11H2. The second-order valence-electron chi connectivity index (χ2n) is 6.11. The van der Waals surface area contributed by atoms with Crippen LogP contribution in [-0.2, 0) is 10.0 Å². The minimum absolute atomic E-state index is 0.0460. The number of pyridine rings is 1. The first-order chi connectivity index (χ1) is 12.5. The van der Waals surface area contributed by atoms with Gasteiger partial charge in [-0.25, -0.2) is 8.42 Å². The highest BCUT2D eigenvalue weighted by molar-refractivity contribution is 7.90. The van der Waals surface area contributed by atoms with Crippen molar-refractivity contribution in [1.29, 1.82) is 0 Å². The van der Waals surface area contributed by atoms with E-state index in [1.165, 1.54) is 0 Å². The van der Waals surface area contributed by atoms with Crippen molar-refractivity contribution in [2.24, 2.45) is 4.40 Å². The van der Waals surface area contributed by atoms with Crippen LogP contribution in [0.5, 0.6) is 0 Å². The molecule has 0 aliphatic carbocycles. The van der Waals surface area contributed by atoms with Crippen molar-refractivity contribution in [3.05, 3.63) is 71.5 Å². The lowest BCUT2D eigenvalue weighted by molar-refractivity contribution is 0.553. The number of sulfonamides is 1. The third kappa shape index (κ3) is 3.43. The van der Waals surface area contributed by atoms with Gasteiger partial charge in [-0.3, -0.25) is 4.98 Å². The first kappa shape index (κ1) is 17.0. The van der Waals surface area contributed by atoms with Crippen LogP contribution in [0, 0.1) is 0 Å². The number of fused-ring (bicyclic) bond motifs is 1. The highest BCUT2D eigenvalue weighted by Crippen LogP contribution is 2.30. The number of nitrogens with zero attached hydrogens (tertiary/aromatic N) is 3. The quantitative estimate of drug-likeness (QED) is 0.791. The summed E-state index contributed by atoms with van der Waals surface area (Å²) in [4.78, 5) is 6.16. The fourth-order valence-corrected chi connectivity index (χ4v) is 4.32. The Bertz CT molecular complexity index is 1030. The van der Waals surface area contributed by atoms with E-state index in [-0.39, 0.29) is 5.75 Å². The maximum absolute atomic E-state index is 12.1. The van der Waals surface area contributed by atoms with E-state index in [2.05, 4.69) is 9.38 Å². The number of halogens is 1. The van der Waals surface area contributed by atoms with Gasteiger partial charge < -0.3 is 4.90 Å². The summed E-state index contributed by atoms with van der Waals surface area (Å²) in [6.45, 7) is 0.567. The summed E-state index contributed by atoms with van der Waals surface area (Å²) in [5, 5.41) is 0.548. The summed E-state index contributed by atoms with van der Waals surface area (Å²) >= 11 is 6.26. The zero-order valence-electron chi connectivity index (χ0n) is 13.8. The van der Waals surface area contributed by atoms with Gasteiger partial charge in [0.15, 0.2) is 5.84 Å². The molecule has 1 aromatic carbocycles. The van der Waals surface area contributed by atoms with Gasteiger partial charge in [-0.1, -0.05) is 41.9 Å². The zero-order valence-corrected chi connectivity index (χ0v) is 15.4. The first-order valence-corrected chi connectivity index (χ1v) is 10.2. The van der Waals surface area contributed by atoms with Crippen LogP contribution >= 0.6 is 11.6 Å². The molecule has 0 saturated carbocycles. The van der Waals surface area contributed by atoms with Crippen molar-refractivity contribution in [2.75, 3.05) is 12.3 Å². The van der Waals surface area contributed by atoms with Crippen molar-refractivity contribution in [3.63, 3.8) is 0 Å². The molecule has 0 saturated heterocycles. The fraction of sp³-hybridized carbons (Fsp3) is 0.158. The summed E-state index contributed by atoms with van der Waals surface area (Å²) in [6.07, 6.45) is 5.75. The van der Waals surface area contributed by atoms with Crippen LogP contribution < -0.4 is 0 Å². The molecule has 0 unspecified atom stereocenters. The van der Waals surface area contributed by atoms with E-state index in [9.17, 15) is 8.42 Å². The number of hydrogen-bond donors (Lipinski definition) is 0. The molecule has 0 bridgehead atoms. The molecule has 7 heteroatoms. The molecule has 4 rings (SSSR count). The summed E-state index contributed by atoms with van der Waals surface area (Å²) < 4.78 is 28.3. The number of benzene rings is 1. The fourth-order valence-electron chi connectivity index (χ4n) is 3.04. The molecular formula is C19H16ClN3O2S. The summed E-state index contributed by atoms with van der Waals surface area (Å²) in [5.74, 6) is 0.474. The normalized spacial score (nSPS) is 19.0. The van der Waals surface area contributed by atoms with E-state index in [0.29, 0.717) is 29.4 Å². The molecule has 2 aliphatic heterocycles. The van der Waals surface area contributed by atoms with Crippen LogP contribution in [0.3, 0.4) is 0 Å². The Morgan fingerprint density at radius 2 is 1.81 bits per heavy atom. The maximum Gasteiger partial charge on any atom is 0.255 e. The van der Waals surface area contributed by atoms with Gasteiger partial charge in [0.25, 0.3) is 10.0 Å². The molecule has 26 heavy (non-hydrogen) atoms. The number of hydrogen-bond acceptors (Lipinski definition) is 4. The lowest BCUT2D eigenvalue weighted by Gasteiger charge is -2.26. The molecule has 0 spiro atoms. The lowest BCUT2D eigenvalue weighted by Crippen LogP contribution is -2.29. The van der Waals surface area contributed by atoms with E-state index < -0.39 is 10.0 Å². The van der Waals surface area contributed by atoms with E-state index >= 15 is 0 Å². The predicted octanol–water partition coefficient (Wildman–Crippen LogP) is 3.66. The Labute approximate surface area is 157 Å². The molecule has 0 radical (unpaired) electrons. The number of allylic oxidation sites excluding steroid dienone is 2. The van der Waals surface area contributed by atoms with Gasteiger partial charge in [0, 0.05) is 30.1 Å². The van der Waals surface area contributed by atoms with E-state index in [1.54, 1.807) is 18.5 Å². The van der Waals surface area contributed by atoms with Crippen LogP contribution in [-0.4, -0.2) is 36.4 Å². The number of amidine groups is 1. The Hall–Kier alpha value is -2.44. The number of aromatic nitrogens is 1. The van der Waals surface area contributed by atoms with Crippen LogP contribution in [0.25, 0.3) is 16.8 Å². The minimum atomic E-state index is -3.48. The molecular weight excluding hydrogens is 370 g/mol. The zero-order chi connectivity index (χ0) is 18.1. The van der Waals surface area contributed by atoms with Crippen molar-refractivity contribution in [2.45, 2.75) is 6.42 Å². The number of rotatable bonds is 2. The largest absolute Gasteiger partial charge is 0.330 e. The van der Waals surface area contributed by atoms with Gasteiger partial charge in [0.05, 0.1) is 16.5 Å². The Kier molecular flexibility index (Phi) is 4.38. The summed E-state index contributed by atoms with van der Waals surface area (Å²) in [6, 6.07) is 13.5. The minimum Gasteiger partial charge on any atom is -0.330 e. The van der Waals surface area contributed by atoms with Crippen molar-refractivity contribution in [1.82, 2.24) is 9.88 Å². The highest BCUT2D eigenvalue weighted by atomic mass is 35.5. The summed E-state index contributed by atoms with van der Waals surface area (Å²) in [5.41, 5.74) is 3.43. The molecule has 0 atom stereocenters. The maximum atomic E-state index is 12.1. The van der Waals surface area contributed by atoms with Gasteiger partial charge in [0.2, 0.25) is 0 Å². The predicted molar refractivity (Wildman–Crippen MR) is 104 cm³/mol. The second-order valence-corrected chi connectivity index (χ2v) is 8.30. The van der Waals surface area contributed by atoms with Crippen LogP contribution in [0.15, 0.2) is 70.4 Å². The molecule has 2 aromatic rings. The van der Waals surface area contributed by atoms with E-state index in [4.69, 9.17) is 11.6 Å². The molecule has 5 nitrogen and oxygen atoms in total. The van der Waals surface area contributed by atoms with Crippen molar-refractivity contribution >= 4 is 33.0 Å². The summed E-state index contributed by atoms with van der Waals surface area (Å²) in [7, 11) is -3.48. The van der Waals surface area contributed by atoms with Crippen molar-refractivity contribution in [3.8, 4) is 11.3 Å². The molecule has 132 valence electrons. The smallest absolute Gasteiger partial charge is 0.255 e. The Morgan fingerprint density at radius 3 is 2.54 bits per heavy atom. The molecule has 2 aliphatic rings. The van der Waals surface area contributed by atoms with Crippen molar-refractivity contribution < 1.29 is 8.42 Å². The monoisotopic (exact) mass is 385 g/mol. The Morgan fingerprint density at radius 1 is 1.04 bits per heavy atom. The highest BCUT2D eigenvalue weighted by Gasteiger charge is 2.26. The first-order valence-electron chi connectivity index (χ1n) is 8.22. The molecule has 0 fully saturated rings. The van der Waals surface area contributed by atoms with E-state index in [0.717, 1.165) is 16.8 Å². The third-order valence-corrected chi connectivity index (χ3v) is 5.72. The van der Waals surface area contributed by atoms with Gasteiger partial charge in [-0.15, -0.1) is 4.40 Å². The molecule has 3 heterocycles. The molecule has 0 N–H and O–H groups in total. The second kappa shape index (κ2) is 6.70.